The van der Waals surface area contributed by atoms with Gasteiger partial charge in [0, 0.05) is 5.92 Å². The Labute approximate surface area is 96.7 Å². The van der Waals surface area contributed by atoms with Crippen molar-refractivity contribution in [3.05, 3.63) is 35.4 Å². The molecule has 0 aromatic heterocycles. The van der Waals surface area contributed by atoms with Crippen LogP contribution >= 0.6 is 0 Å². The molecule has 0 aliphatic carbocycles. The monoisotopic (exact) mass is 226 g/mol. The maximum atomic E-state index is 14.2. The molecule has 2 atom stereocenters. The van der Waals surface area contributed by atoms with Gasteiger partial charge >= 0.3 is 0 Å². The molecule has 90 valence electrons. The Bertz CT molecular complexity index is 322. The third-order valence-corrected chi connectivity index (χ3v) is 3.03. The van der Waals surface area contributed by atoms with E-state index in [0.717, 1.165) is 5.56 Å². The average Bonchev–Trinajstić information content (AvgIpc) is 2.17. The first-order valence-electron chi connectivity index (χ1n) is 5.63. The summed E-state index contributed by atoms with van der Waals surface area (Å²) in [5, 5.41) is 0. The molecule has 0 radical (unpaired) electrons. The van der Waals surface area contributed by atoms with Crippen LogP contribution in [0, 0.1) is 18.3 Å². The van der Waals surface area contributed by atoms with Crippen LogP contribution in [0.4, 0.5) is 8.78 Å². The Kier molecular flexibility index (Phi) is 4.06. The van der Waals surface area contributed by atoms with E-state index in [1.807, 2.05) is 39.8 Å². The van der Waals surface area contributed by atoms with Gasteiger partial charge in [-0.2, -0.15) is 0 Å². The molecule has 1 aromatic carbocycles. The number of alkyl halides is 2. The van der Waals surface area contributed by atoms with Crippen LogP contribution in [0.15, 0.2) is 24.3 Å². The Hall–Kier alpha value is -0.920. The molecular weight excluding hydrogens is 206 g/mol. The van der Waals surface area contributed by atoms with Crippen molar-refractivity contribution in [2.45, 2.75) is 33.9 Å². The Morgan fingerprint density at radius 3 is 2.00 bits per heavy atom. The minimum Gasteiger partial charge on any atom is -0.251 e. The van der Waals surface area contributed by atoms with E-state index in [1.54, 1.807) is 12.1 Å². The van der Waals surface area contributed by atoms with Gasteiger partial charge in [-0.25, -0.2) is 4.39 Å². The third-order valence-electron chi connectivity index (χ3n) is 3.03. The number of aryl methyl sites for hydroxylation is 1. The third kappa shape index (κ3) is 3.03. The van der Waals surface area contributed by atoms with Crippen LogP contribution in [0.3, 0.4) is 0 Å². The first-order valence-corrected chi connectivity index (χ1v) is 5.63. The first kappa shape index (κ1) is 13.1. The normalized spacial score (nSPS) is 15.9. The molecule has 2 unspecified atom stereocenters. The molecule has 0 amide bonds. The highest BCUT2D eigenvalue weighted by Gasteiger charge is 2.33. The predicted molar refractivity (Wildman–Crippen MR) is 63.9 cm³/mol. The van der Waals surface area contributed by atoms with Crippen LogP contribution in [-0.2, 0) is 0 Å². The lowest BCUT2D eigenvalue weighted by atomic mass is 9.77. The lowest BCUT2D eigenvalue weighted by Gasteiger charge is -2.31. The second kappa shape index (κ2) is 4.94. The molecule has 0 aliphatic heterocycles. The number of benzene rings is 1. The van der Waals surface area contributed by atoms with E-state index >= 15 is 0 Å². The van der Waals surface area contributed by atoms with E-state index in [4.69, 9.17) is 0 Å². The number of rotatable bonds is 3. The van der Waals surface area contributed by atoms with E-state index in [-0.39, 0.29) is 5.41 Å². The molecule has 2 heteroatoms. The molecule has 0 bridgehead atoms. The molecule has 0 N–H and O–H groups in total. The summed E-state index contributed by atoms with van der Waals surface area (Å²) in [5.41, 5.74) is 1.30. The Morgan fingerprint density at radius 1 is 1.12 bits per heavy atom. The topological polar surface area (TPSA) is 0 Å². The highest BCUT2D eigenvalue weighted by atomic mass is 19.1. The summed E-state index contributed by atoms with van der Waals surface area (Å²) in [5.74, 6) is -0.588. The fourth-order valence-electron chi connectivity index (χ4n) is 1.73. The van der Waals surface area contributed by atoms with Gasteiger partial charge < -0.3 is 0 Å². The van der Waals surface area contributed by atoms with Crippen molar-refractivity contribution in [3.8, 4) is 0 Å². The fourth-order valence-corrected chi connectivity index (χ4v) is 1.73. The number of halogens is 2. The number of hydrogen-bond donors (Lipinski definition) is 0. The quantitative estimate of drug-likeness (QED) is 0.704. The van der Waals surface area contributed by atoms with Gasteiger partial charge in [0.2, 0.25) is 0 Å². The highest BCUT2D eigenvalue weighted by molar-refractivity contribution is 5.24. The maximum absolute atomic E-state index is 14.2. The fraction of sp³-hybridized carbons (Fsp3) is 0.571. The average molecular weight is 226 g/mol. The molecule has 0 heterocycles. The van der Waals surface area contributed by atoms with Crippen molar-refractivity contribution in [2.24, 2.45) is 11.3 Å². The predicted octanol–water partition coefficient (Wildman–Crippen LogP) is 4.64. The highest BCUT2D eigenvalue weighted by Crippen LogP contribution is 2.39. The summed E-state index contributed by atoms with van der Waals surface area (Å²) in [7, 11) is 0. The lowest BCUT2D eigenvalue weighted by Crippen LogP contribution is -2.26. The molecule has 0 fully saturated rings. The van der Waals surface area contributed by atoms with Crippen molar-refractivity contribution in [3.63, 3.8) is 0 Å². The molecule has 0 saturated carbocycles. The van der Waals surface area contributed by atoms with Gasteiger partial charge in [-0.3, -0.25) is 4.39 Å². The van der Waals surface area contributed by atoms with Gasteiger partial charge in [0.25, 0.3) is 0 Å². The Balaban J connectivity index is 2.91. The van der Waals surface area contributed by atoms with Gasteiger partial charge in [0.15, 0.2) is 0 Å². The SMILES string of the molecule is Cc1ccc(C(F)C(CF)C(C)(C)C)cc1. The molecule has 0 aliphatic rings. The van der Waals surface area contributed by atoms with Crippen molar-refractivity contribution < 1.29 is 8.78 Å². The van der Waals surface area contributed by atoms with Crippen molar-refractivity contribution in [2.75, 3.05) is 6.67 Å². The zero-order valence-corrected chi connectivity index (χ0v) is 10.4. The molecule has 0 spiro atoms. The largest absolute Gasteiger partial charge is 0.251 e. The zero-order chi connectivity index (χ0) is 12.3. The molecule has 0 nitrogen and oxygen atoms in total. The summed E-state index contributed by atoms with van der Waals surface area (Å²) >= 11 is 0. The van der Waals surface area contributed by atoms with E-state index in [0.29, 0.717) is 5.56 Å². The molecule has 1 rings (SSSR count). The first-order chi connectivity index (χ1) is 7.36. The molecule has 0 saturated heterocycles. The van der Waals surface area contributed by atoms with Crippen molar-refractivity contribution in [1.29, 1.82) is 0 Å². The molecule has 16 heavy (non-hydrogen) atoms. The summed E-state index contributed by atoms with van der Waals surface area (Å²) < 4.78 is 27.1. The van der Waals surface area contributed by atoms with Crippen LogP contribution in [-0.4, -0.2) is 6.67 Å². The minimum absolute atomic E-state index is 0.362. The van der Waals surface area contributed by atoms with Crippen LogP contribution in [0.2, 0.25) is 0 Å². The van der Waals surface area contributed by atoms with E-state index in [2.05, 4.69) is 0 Å². The van der Waals surface area contributed by atoms with Crippen LogP contribution < -0.4 is 0 Å². The standard InChI is InChI=1S/C14H20F2/c1-10-5-7-11(8-6-10)13(16)12(9-15)14(2,3)4/h5-8,12-13H,9H2,1-4H3. The van der Waals surface area contributed by atoms with Crippen LogP contribution in [0.25, 0.3) is 0 Å². The van der Waals surface area contributed by atoms with Gasteiger partial charge in [-0.05, 0) is 17.9 Å². The number of hydrogen-bond acceptors (Lipinski definition) is 0. The summed E-state index contributed by atoms with van der Waals surface area (Å²) in [6.45, 7) is 6.94. The summed E-state index contributed by atoms with van der Waals surface area (Å²) in [6.07, 6.45) is -1.23. The van der Waals surface area contributed by atoms with E-state index in [9.17, 15) is 8.78 Å². The maximum Gasteiger partial charge on any atom is 0.131 e. The second-order valence-electron chi connectivity index (χ2n) is 5.44. The van der Waals surface area contributed by atoms with Crippen molar-refractivity contribution in [1.82, 2.24) is 0 Å². The smallest absolute Gasteiger partial charge is 0.131 e. The van der Waals surface area contributed by atoms with Gasteiger partial charge in [-0.15, -0.1) is 0 Å². The zero-order valence-electron chi connectivity index (χ0n) is 10.4. The molecular formula is C14H20F2. The van der Waals surface area contributed by atoms with E-state index < -0.39 is 18.8 Å². The lowest BCUT2D eigenvalue weighted by molar-refractivity contribution is 0.0886. The summed E-state index contributed by atoms with van der Waals surface area (Å²) in [6, 6.07) is 7.21. The van der Waals surface area contributed by atoms with Crippen LogP contribution in [0.1, 0.15) is 38.1 Å². The Morgan fingerprint density at radius 2 is 1.62 bits per heavy atom. The van der Waals surface area contributed by atoms with E-state index in [1.165, 1.54) is 0 Å². The van der Waals surface area contributed by atoms with Crippen LogP contribution in [0.5, 0.6) is 0 Å². The van der Waals surface area contributed by atoms with Gasteiger partial charge in [-0.1, -0.05) is 50.6 Å². The van der Waals surface area contributed by atoms with Crippen molar-refractivity contribution >= 4 is 0 Å². The minimum atomic E-state index is -1.23. The van der Waals surface area contributed by atoms with Gasteiger partial charge in [0.05, 0.1) is 6.67 Å². The summed E-state index contributed by atoms with van der Waals surface area (Å²) in [4.78, 5) is 0. The molecule has 1 aromatic rings. The second-order valence-corrected chi connectivity index (χ2v) is 5.44. The van der Waals surface area contributed by atoms with Gasteiger partial charge in [0.1, 0.15) is 6.17 Å².